The summed E-state index contributed by atoms with van der Waals surface area (Å²) in [6, 6.07) is -0.824. The molecular weight excluding hydrogens is 863 g/mol. The Morgan fingerprint density at radius 2 is 0.826 bits per heavy atom. The number of hydrogen-bond donors (Lipinski definition) is 6. The van der Waals surface area contributed by atoms with Gasteiger partial charge in [0.1, 0.15) is 24.4 Å². The molecule has 0 aromatic rings. The minimum Gasteiger partial charge on any atom is -0.394 e. The summed E-state index contributed by atoms with van der Waals surface area (Å²) in [5.41, 5.74) is 0. The molecule has 1 aliphatic rings. The molecule has 0 aromatic carbocycles. The second-order valence-corrected chi connectivity index (χ2v) is 20.8. The van der Waals surface area contributed by atoms with Crippen LogP contribution in [0.5, 0.6) is 0 Å². The standard InChI is InChI=1S/C60H113NO8/c1-3-5-7-9-11-13-15-17-19-21-23-24-25-26-27-28-29-30-31-32-33-35-37-39-41-43-45-47-49-54(63)53(52-68-60-59(67)58(66)57(65)55(51-62)69-60)61-56(64)50-48-46-44-42-40-38-36-34-22-20-18-16-14-12-10-8-6-4-2/h20,22,39,41,47,49,53-55,57-60,62-63,65-67H,3-19,21,23-38,40,42-46,48,50-52H2,1-2H3,(H,61,64)/b22-20-,41-39+,49-47+. The summed E-state index contributed by atoms with van der Waals surface area (Å²) in [4.78, 5) is 13.0. The largest absolute Gasteiger partial charge is 0.394 e. The molecule has 1 aliphatic heterocycles. The van der Waals surface area contributed by atoms with Crippen LogP contribution in [0.1, 0.15) is 284 Å². The van der Waals surface area contributed by atoms with E-state index in [9.17, 15) is 30.3 Å². The van der Waals surface area contributed by atoms with Gasteiger partial charge < -0.3 is 40.3 Å². The van der Waals surface area contributed by atoms with E-state index in [2.05, 4.69) is 43.5 Å². The van der Waals surface area contributed by atoms with Crippen LogP contribution in [-0.4, -0.2) is 87.5 Å². The van der Waals surface area contributed by atoms with E-state index in [1.165, 1.54) is 212 Å². The molecule has 1 heterocycles. The second-order valence-electron chi connectivity index (χ2n) is 20.8. The number of allylic oxidation sites excluding steroid dienone is 5. The van der Waals surface area contributed by atoms with Crippen molar-refractivity contribution in [1.82, 2.24) is 5.32 Å². The number of carbonyl (C=O) groups excluding carboxylic acids is 1. The van der Waals surface area contributed by atoms with E-state index in [0.717, 1.165) is 51.4 Å². The molecule has 0 aliphatic carbocycles. The molecule has 406 valence electrons. The van der Waals surface area contributed by atoms with Crippen LogP contribution >= 0.6 is 0 Å². The first kappa shape index (κ1) is 65.4. The Hall–Kier alpha value is -1.59. The lowest BCUT2D eigenvalue weighted by atomic mass is 9.99. The van der Waals surface area contributed by atoms with E-state index < -0.39 is 49.5 Å². The molecule has 9 nitrogen and oxygen atoms in total. The van der Waals surface area contributed by atoms with Gasteiger partial charge in [0.2, 0.25) is 5.91 Å². The van der Waals surface area contributed by atoms with Crippen molar-refractivity contribution in [2.24, 2.45) is 0 Å². The van der Waals surface area contributed by atoms with Crippen LogP contribution in [-0.2, 0) is 14.3 Å². The number of rotatable bonds is 51. The third-order valence-corrected chi connectivity index (χ3v) is 14.2. The summed E-state index contributed by atoms with van der Waals surface area (Å²) < 4.78 is 11.3. The highest BCUT2D eigenvalue weighted by Crippen LogP contribution is 2.23. The predicted molar refractivity (Wildman–Crippen MR) is 290 cm³/mol. The summed E-state index contributed by atoms with van der Waals surface area (Å²) in [7, 11) is 0. The topological polar surface area (TPSA) is 149 Å². The predicted octanol–water partition coefficient (Wildman–Crippen LogP) is 14.7. The molecule has 1 amide bonds. The van der Waals surface area contributed by atoms with Crippen molar-refractivity contribution in [1.29, 1.82) is 0 Å². The zero-order valence-electron chi connectivity index (χ0n) is 45.1. The smallest absolute Gasteiger partial charge is 0.220 e. The van der Waals surface area contributed by atoms with Crippen molar-refractivity contribution in [2.75, 3.05) is 13.2 Å². The number of aliphatic hydroxyl groups excluding tert-OH is 5. The first-order valence-electron chi connectivity index (χ1n) is 29.7. The van der Waals surface area contributed by atoms with Gasteiger partial charge in [-0.15, -0.1) is 0 Å². The summed E-state index contributed by atoms with van der Waals surface area (Å²) >= 11 is 0. The van der Waals surface area contributed by atoms with Gasteiger partial charge in [-0.25, -0.2) is 0 Å². The van der Waals surface area contributed by atoms with E-state index >= 15 is 0 Å². The Morgan fingerprint density at radius 3 is 1.22 bits per heavy atom. The molecular formula is C60H113NO8. The van der Waals surface area contributed by atoms with Crippen LogP contribution in [0.2, 0.25) is 0 Å². The molecule has 0 radical (unpaired) electrons. The molecule has 1 rings (SSSR count). The fraction of sp³-hybridized carbons (Fsp3) is 0.883. The van der Waals surface area contributed by atoms with Crippen LogP contribution in [0.25, 0.3) is 0 Å². The summed E-state index contributed by atoms with van der Waals surface area (Å²) in [6.07, 6.45) is 57.9. The molecule has 7 unspecified atom stereocenters. The van der Waals surface area contributed by atoms with Crippen LogP contribution in [0.4, 0.5) is 0 Å². The highest BCUT2D eigenvalue weighted by Gasteiger charge is 2.44. The SMILES string of the molecule is CCCCCCCCC/C=C\CCCCCCCCCC(=O)NC(COC1OC(CO)C(O)C(O)C1O)C(O)/C=C/CC/C=C/CCCCCCCCCCCCCCCCCCCCCCCC. The third kappa shape index (κ3) is 39.6. The van der Waals surface area contributed by atoms with Crippen LogP contribution in [0.15, 0.2) is 36.5 Å². The number of unbranched alkanes of at least 4 members (excludes halogenated alkanes) is 37. The minimum absolute atomic E-state index is 0.188. The zero-order chi connectivity index (χ0) is 50.1. The van der Waals surface area contributed by atoms with E-state index in [-0.39, 0.29) is 12.5 Å². The number of ether oxygens (including phenoxy) is 2. The maximum atomic E-state index is 13.0. The van der Waals surface area contributed by atoms with Gasteiger partial charge in [0.15, 0.2) is 6.29 Å². The molecule has 0 saturated carbocycles. The Balaban J connectivity index is 2.22. The molecule has 7 atom stereocenters. The highest BCUT2D eigenvalue weighted by molar-refractivity contribution is 5.76. The Bertz CT molecular complexity index is 1180. The van der Waals surface area contributed by atoms with Gasteiger partial charge in [0.05, 0.1) is 25.4 Å². The fourth-order valence-corrected chi connectivity index (χ4v) is 9.46. The number of aliphatic hydroxyl groups is 5. The molecule has 6 N–H and O–H groups in total. The lowest BCUT2D eigenvalue weighted by Gasteiger charge is -2.40. The van der Waals surface area contributed by atoms with E-state index in [0.29, 0.717) is 6.42 Å². The lowest BCUT2D eigenvalue weighted by molar-refractivity contribution is -0.302. The van der Waals surface area contributed by atoms with Crippen LogP contribution in [0, 0.1) is 0 Å². The van der Waals surface area contributed by atoms with Gasteiger partial charge >= 0.3 is 0 Å². The van der Waals surface area contributed by atoms with Crippen molar-refractivity contribution in [3.63, 3.8) is 0 Å². The summed E-state index contributed by atoms with van der Waals surface area (Å²) in [5, 5.41) is 54.5. The van der Waals surface area contributed by atoms with Crippen molar-refractivity contribution in [3.05, 3.63) is 36.5 Å². The maximum absolute atomic E-state index is 13.0. The summed E-state index contributed by atoms with van der Waals surface area (Å²) in [5.74, 6) is -0.188. The fourth-order valence-electron chi connectivity index (χ4n) is 9.46. The average Bonchev–Trinajstić information content (AvgIpc) is 3.35. The molecule has 0 bridgehead atoms. The zero-order valence-corrected chi connectivity index (χ0v) is 45.1. The average molecular weight is 977 g/mol. The molecule has 0 spiro atoms. The van der Waals surface area contributed by atoms with Crippen molar-refractivity contribution >= 4 is 5.91 Å². The lowest BCUT2D eigenvalue weighted by Crippen LogP contribution is -2.60. The number of nitrogens with one attached hydrogen (secondary N) is 1. The first-order chi connectivity index (χ1) is 33.8. The van der Waals surface area contributed by atoms with Crippen LogP contribution in [0.3, 0.4) is 0 Å². The first-order valence-corrected chi connectivity index (χ1v) is 29.7. The second kappa shape index (κ2) is 50.0. The number of carbonyl (C=O) groups is 1. The number of amides is 1. The molecule has 1 saturated heterocycles. The van der Waals surface area contributed by atoms with E-state index in [1.807, 2.05) is 6.08 Å². The van der Waals surface area contributed by atoms with E-state index in [1.54, 1.807) is 6.08 Å². The Kier molecular flexibility index (Phi) is 47.4. The Labute approximate surface area is 425 Å². The van der Waals surface area contributed by atoms with Gasteiger partial charge in [0, 0.05) is 6.42 Å². The van der Waals surface area contributed by atoms with Gasteiger partial charge in [0.25, 0.3) is 0 Å². The van der Waals surface area contributed by atoms with Gasteiger partial charge in [-0.1, -0.05) is 256 Å². The molecule has 1 fully saturated rings. The van der Waals surface area contributed by atoms with Crippen molar-refractivity contribution < 1.29 is 39.8 Å². The number of hydrogen-bond acceptors (Lipinski definition) is 8. The monoisotopic (exact) mass is 976 g/mol. The minimum atomic E-state index is -1.57. The summed E-state index contributed by atoms with van der Waals surface area (Å²) in [6.45, 7) is 3.79. The molecule has 69 heavy (non-hydrogen) atoms. The van der Waals surface area contributed by atoms with Crippen molar-refractivity contribution in [3.8, 4) is 0 Å². The molecule has 9 heteroatoms. The Morgan fingerprint density at radius 1 is 0.478 bits per heavy atom. The maximum Gasteiger partial charge on any atom is 0.220 e. The van der Waals surface area contributed by atoms with Crippen LogP contribution < -0.4 is 5.32 Å². The van der Waals surface area contributed by atoms with Gasteiger partial charge in [-0.2, -0.15) is 0 Å². The highest BCUT2D eigenvalue weighted by atomic mass is 16.7. The van der Waals surface area contributed by atoms with Gasteiger partial charge in [-0.05, 0) is 57.8 Å². The van der Waals surface area contributed by atoms with Gasteiger partial charge in [-0.3, -0.25) is 4.79 Å². The third-order valence-electron chi connectivity index (χ3n) is 14.2. The quantitative estimate of drug-likeness (QED) is 0.0261. The van der Waals surface area contributed by atoms with E-state index in [4.69, 9.17) is 9.47 Å². The molecule has 0 aromatic heterocycles. The van der Waals surface area contributed by atoms with Crippen molar-refractivity contribution in [2.45, 2.75) is 326 Å². The normalized spacial score (nSPS) is 19.7.